The van der Waals surface area contributed by atoms with Crippen LogP contribution in [-0.4, -0.2) is 11.8 Å². The summed E-state index contributed by atoms with van der Waals surface area (Å²) < 4.78 is 1.84. The minimum absolute atomic E-state index is 1.03. The van der Waals surface area contributed by atoms with Gasteiger partial charge in [-0.1, -0.05) is 54.6 Å². The SMILES string of the molecule is COn1c(C=Cc2ccccc2)cc2ccccc21. The quantitative estimate of drug-likeness (QED) is 0.687. The van der Waals surface area contributed by atoms with Crippen molar-refractivity contribution in [3.63, 3.8) is 0 Å². The first kappa shape index (κ1) is 11.6. The van der Waals surface area contributed by atoms with Crippen molar-refractivity contribution in [3.05, 3.63) is 71.9 Å². The standard InChI is InChI=1S/C17H15NO/c1-19-18-16(12-11-14-7-3-2-4-8-14)13-15-9-5-6-10-17(15)18/h2-13H,1H3. The average molecular weight is 249 g/mol. The molecule has 1 heterocycles. The van der Waals surface area contributed by atoms with Gasteiger partial charge in [0.2, 0.25) is 0 Å². The van der Waals surface area contributed by atoms with Crippen LogP contribution in [0.3, 0.4) is 0 Å². The molecule has 94 valence electrons. The Hall–Kier alpha value is -2.48. The molecule has 19 heavy (non-hydrogen) atoms. The van der Waals surface area contributed by atoms with E-state index in [1.54, 1.807) is 7.11 Å². The highest BCUT2D eigenvalue weighted by Gasteiger charge is 2.05. The van der Waals surface area contributed by atoms with Crippen LogP contribution >= 0.6 is 0 Å². The van der Waals surface area contributed by atoms with Gasteiger partial charge in [0.25, 0.3) is 0 Å². The van der Waals surface area contributed by atoms with Crippen molar-refractivity contribution in [2.24, 2.45) is 0 Å². The van der Waals surface area contributed by atoms with Crippen LogP contribution < -0.4 is 4.84 Å². The van der Waals surface area contributed by atoms with Crippen LogP contribution in [0.4, 0.5) is 0 Å². The summed E-state index contributed by atoms with van der Waals surface area (Å²) >= 11 is 0. The Kier molecular flexibility index (Phi) is 3.07. The Bertz CT molecular complexity index is 710. The molecule has 0 aliphatic carbocycles. The normalized spacial score (nSPS) is 11.2. The number of para-hydroxylation sites is 1. The Morgan fingerprint density at radius 3 is 2.42 bits per heavy atom. The van der Waals surface area contributed by atoms with E-state index in [9.17, 15) is 0 Å². The van der Waals surface area contributed by atoms with E-state index in [-0.39, 0.29) is 0 Å². The van der Waals surface area contributed by atoms with Gasteiger partial charge in [-0.15, -0.1) is 0 Å². The molecule has 0 N–H and O–H groups in total. The first-order valence-corrected chi connectivity index (χ1v) is 6.26. The zero-order valence-electron chi connectivity index (χ0n) is 10.8. The van der Waals surface area contributed by atoms with Crippen molar-refractivity contribution >= 4 is 23.1 Å². The van der Waals surface area contributed by atoms with Crippen LogP contribution in [-0.2, 0) is 0 Å². The van der Waals surface area contributed by atoms with E-state index in [1.165, 1.54) is 10.9 Å². The Balaban J connectivity index is 2.03. The van der Waals surface area contributed by atoms with Gasteiger partial charge < -0.3 is 4.84 Å². The summed E-state index contributed by atoms with van der Waals surface area (Å²) in [4.78, 5) is 5.45. The average Bonchev–Trinajstić information content (AvgIpc) is 2.83. The molecule has 0 radical (unpaired) electrons. The fourth-order valence-electron chi connectivity index (χ4n) is 2.22. The smallest absolute Gasteiger partial charge is 0.104 e. The number of hydrogen-bond acceptors (Lipinski definition) is 1. The molecule has 1 aromatic heterocycles. The van der Waals surface area contributed by atoms with Crippen molar-refractivity contribution < 1.29 is 4.84 Å². The van der Waals surface area contributed by atoms with E-state index < -0.39 is 0 Å². The Morgan fingerprint density at radius 2 is 1.63 bits per heavy atom. The molecule has 0 aliphatic rings. The fraction of sp³-hybridized carbons (Fsp3) is 0.0588. The third-order valence-electron chi connectivity index (χ3n) is 3.12. The van der Waals surface area contributed by atoms with Crippen LogP contribution in [0.2, 0.25) is 0 Å². The second kappa shape index (κ2) is 5.02. The molecular formula is C17H15NO. The van der Waals surface area contributed by atoms with E-state index in [1.807, 2.05) is 35.1 Å². The van der Waals surface area contributed by atoms with E-state index in [2.05, 4.69) is 42.5 Å². The summed E-state index contributed by atoms with van der Waals surface area (Å²) in [6.45, 7) is 0. The summed E-state index contributed by atoms with van der Waals surface area (Å²) in [5, 5.41) is 1.18. The molecule has 0 aliphatic heterocycles. The molecule has 2 heteroatoms. The summed E-state index contributed by atoms with van der Waals surface area (Å²) in [6, 6.07) is 20.6. The summed E-state index contributed by atoms with van der Waals surface area (Å²) in [6.07, 6.45) is 4.16. The molecule has 0 unspecified atom stereocenters. The van der Waals surface area contributed by atoms with Crippen LogP contribution in [0.15, 0.2) is 60.7 Å². The molecule has 0 bridgehead atoms. The molecule has 2 nitrogen and oxygen atoms in total. The van der Waals surface area contributed by atoms with E-state index in [0.717, 1.165) is 11.2 Å². The maximum Gasteiger partial charge on any atom is 0.104 e. The van der Waals surface area contributed by atoms with Gasteiger partial charge in [-0.2, -0.15) is 4.73 Å². The molecule has 0 spiro atoms. The minimum atomic E-state index is 1.03. The summed E-state index contributed by atoms with van der Waals surface area (Å²) in [7, 11) is 1.69. The van der Waals surface area contributed by atoms with Gasteiger partial charge in [0, 0.05) is 5.39 Å². The molecule has 0 amide bonds. The number of fused-ring (bicyclic) bond motifs is 1. The minimum Gasteiger partial charge on any atom is -0.417 e. The maximum atomic E-state index is 5.45. The third-order valence-corrected chi connectivity index (χ3v) is 3.12. The summed E-state index contributed by atoms with van der Waals surface area (Å²) in [5.41, 5.74) is 3.29. The third kappa shape index (κ3) is 2.25. The van der Waals surface area contributed by atoms with Gasteiger partial charge in [-0.25, -0.2) is 0 Å². The molecule has 2 aromatic carbocycles. The lowest BCUT2D eigenvalue weighted by molar-refractivity contribution is 0.177. The van der Waals surface area contributed by atoms with Gasteiger partial charge >= 0.3 is 0 Å². The number of aromatic nitrogens is 1. The zero-order valence-corrected chi connectivity index (χ0v) is 10.8. The van der Waals surface area contributed by atoms with Crippen LogP contribution in [0, 0.1) is 0 Å². The van der Waals surface area contributed by atoms with Crippen molar-refractivity contribution in [2.45, 2.75) is 0 Å². The van der Waals surface area contributed by atoms with Gasteiger partial charge in [0.05, 0.1) is 11.2 Å². The van der Waals surface area contributed by atoms with Crippen LogP contribution in [0.1, 0.15) is 11.3 Å². The molecule has 3 rings (SSSR count). The number of hydrogen-bond donors (Lipinski definition) is 0. The first-order chi connectivity index (χ1) is 9.38. The largest absolute Gasteiger partial charge is 0.417 e. The zero-order chi connectivity index (χ0) is 13.1. The maximum absolute atomic E-state index is 5.45. The van der Waals surface area contributed by atoms with E-state index in [0.29, 0.717) is 0 Å². The Morgan fingerprint density at radius 1 is 0.895 bits per heavy atom. The molecule has 0 saturated carbocycles. The monoisotopic (exact) mass is 249 g/mol. The lowest BCUT2D eigenvalue weighted by atomic mass is 10.2. The van der Waals surface area contributed by atoms with Gasteiger partial charge in [-0.3, -0.25) is 0 Å². The molecule has 0 fully saturated rings. The van der Waals surface area contributed by atoms with Gasteiger partial charge in [0.1, 0.15) is 7.11 Å². The molecule has 3 aromatic rings. The van der Waals surface area contributed by atoms with Gasteiger partial charge in [0.15, 0.2) is 0 Å². The predicted octanol–water partition coefficient (Wildman–Crippen LogP) is 3.87. The number of nitrogens with zero attached hydrogens (tertiary/aromatic N) is 1. The fourth-order valence-corrected chi connectivity index (χ4v) is 2.22. The highest BCUT2D eigenvalue weighted by Crippen LogP contribution is 2.20. The lowest BCUT2D eigenvalue weighted by Crippen LogP contribution is -2.06. The van der Waals surface area contributed by atoms with Crippen molar-refractivity contribution in [3.8, 4) is 0 Å². The van der Waals surface area contributed by atoms with Crippen LogP contribution in [0.25, 0.3) is 23.1 Å². The second-order valence-corrected chi connectivity index (χ2v) is 4.35. The van der Waals surface area contributed by atoms with E-state index >= 15 is 0 Å². The molecule has 0 saturated heterocycles. The second-order valence-electron chi connectivity index (χ2n) is 4.35. The van der Waals surface area contributed by atoms with E-state index in [4.69, 9.17) is 4.84 Å². The highest BCUT2D eigenvalue weighted by molar-refractivity contribution is 5.85. The van der Waals surface area contributed by atoms with Gasteiger partial charge in [-0.05, 0) is 23.8 Å². The molecule has 0 atom stereocenters. The van der Waals surface area contributed by atoms with Crippen molar-refractivity contribution in [1.29, 1.82) is 0 Å². The number of rotatable bonds is 3. The Labute approximate surface area is 112 Å². The lowest BCUT2D eigenvalue weighted by Gasteiger charge is -2.05. The number of benzene rings is 2. The molecular weight excluding hydrogens is 234 g/mol. The van der Waals surface area contributed by atoms with Crippen LogP contribution in [0.5, 0.6) is 0 Å². The van der Waals surface area contributed by atoms with Crippen molar-refractivity contribution in [2.75, 3.05) is 7.11 Å². The van der Waals surface area contributed by atoms with Crippen molar-refractivity contribution in [1.82, 2.24) is 4.73 Å². The topological polar surface area (TPSA) is 14.2 Å². The first-order valence-electron chi connectivity index (χ1n) is 6.26. The highest BCUT2D eigenvalue weighted by atomic mass is 16.6. The predicted molar refractivity (Wildman–Crippen MR) is 79.8 cm³/mol. The summed E-state index contributed by atoms with van der Waals surface area (Å²) in [5.74, 6) is 0.